The van der Waals surface area contributed by atoms with Crippen LogP contribution < -0.4 is 15.5 Å². The average molecular weight is 397 g/mol. The Balaban J connectivity index is 1.48. The van der Waals surface area contributed by atoms with E-state index in [2.05, 4.69) is 15.5 Å². The van der Waals surface area contributed by atoms with Gasteiger partial charge >= 0.3 is 6.03 Å². The molecule has 2 aromatic rings. The molecule has 0 aromatic heterocycles. The van der Waals surface area contributed by atoms with E-state index in [-0.39, 0.29) is 17.6 Å². The van der Waals surface area contributed by atoms with Gasteiger partial charge in [-0.15, -0.1) is 0 Å². The van der Waals surface area contributed by atoms with Gasteiger partial charge < -0.3 is 20.4 Å². The van der Waals surface area contributed by atoms with Crippen molar-refractivity contribution in [3.05, 3.63) is 64.2 Å². The fraction of sp³-hybridized carbons (Fsp3) is 0.300. The number of nitrogens with zero attached hydrogens (tertiary/aromatic N) is 3. The molecule has 2 N–H and O–H groups in total. The van der Waals surface area contributed by atoms with Gasteiger partial charge in [-0.05, 0) is 29.8 Å². The van der Waals surface area contributed by atoms with Gasteiger partial charge in [0.1, 0.15) is 0 Å². The number of hydrogen-bond donors (Lipinski definition) is 2. The molecule has 1 heterocycles. The lowest BCUT2D eigenvalue weighted by molar-refractivity contribution is -0.384. The maximum Gasteiger partial charge on any atom is 0.317 e. The van der Waals surface area contributed by atoms with Gasteiger partial charge in [-0.1, -0.05) is 12.1 Å². The third-order valence-corrected chi connectivity index (χ3v) is 4.68. The fourth-order valence-corrected chi connectivity index (χ4v) is 3.20. The van der Waals surface area contributed by atoms with E-state index in [0.717, 1.165) is 11.3 Å². The second-order valence-corrected chi connectivity index (χ2v) is 6.79. The Labute approximate surface area is 168 Å². The predicted molar refractivity (Wildman–Crippen MR) is 110 cm³/mol. The molecule has 3 rings (SSSR count). The monoisotopic (exact) mass is 397 g/mol. The van der Waals surface area contributed by atoms with E-state index in [1.807, 2.05) is 18.2 Å². The van der Waals surface area contributed by atoms with E-state index in [0.29, 0.717) is 38.4 Å². The summed E-state index contributed by atoms with van der Waals surface area (Å²) < 4.78 is 0. The summed E-state index contributed by atoms with van der Waals surface area (Å²) in [6.45, 7) is 4.26. The summed E-state index contributed by atoms with van der Waals surface area (Å²) in [6, 6.07) is 13.6. The van der Waals surface area contributed by atoms with Gasteiger partial charge in [-0.25, -0.2) is 4.79 Å². The summed E-state index contributed by atoms with van der Waals surface area (Å²) in [5, 5.41) is 16.4. The molecule has 0 bridgehead atoms. The Morgan fingerprint density at radius 2 is 1.76 bits per heavy atom. The van der Waals surface area contributed by atoms with Crippen LogP contribution >= 0.6 is 0 Å². The number of nitro groups is 1. The minimum Gasteiger partial charge on any atom is -0.368 e. The Morgan fingerprint density at radius 3 is 2.38 bits per heavy atom. The molecule has 9 nitrogen and oxygen atoms in total. The SMILES string of the molecule is CC(=O)Nc1cccc(CNC(=O)N2CCN(c3ccc([N+](=O)[O-])cc3)CC2)c1. The van der Waals surface area contributed by atoms with Crippen LogP contribution in [0.1, 0.15) is 12.5 Å². The lowest BCUT2D eigenvalue weighted by Gasteiger charge is -2.36. The summed E-state index contributed by atoms with van der Waals surface area (Å²) in [7, 11) is 0. The van der Waals surface area contributed by atoms with Crippen molar-refractivity contribution in [2.75, 3.05) is 36.4 Å². The van der Waals surface area contributed by atoms with Crippen LogP contribution in [-0.4, -0.2) is 47.9 Å². The Kier molecular flexibility index (Phi) is 6.28. The van der Waals surface area contributed by atoms with Gasteiger partial charge in [0.05, 0.1) is 4.92 Å². The van der Waals surface area contributed by atoms with Crippen molar-refractivity contribution < 1.29 is 14.5 Å². The number of nitro benzene ring substituents is 1. The third kappa shape index (κ3) is 5.44. The molecule has 1 saturated heterocycles. The zero-order valence-electron chi connectivity index (χ0n) is 16.1. The first-order valence-electron chi connectivity index (χ1n) is 9.31. The fourth-order valence-electron chi connectivity index (χ4n) is 3.20. The van der Waals surface area contributed by atoms with E-state index in [9.17, 15) is 19.7 Å². The van der Waals surface area contributed by atoms with Gasteiger partial charge in [0, 0.05) is 63.2 Å². The molecule has 0 radical (unpaired) electrons. The number of rotatable bonds is 5. The first-order chi connectivity index (χ1) is 13.9. The van der Waals surface area contributed by atoms with Crippen molar-refractivity contribution >= 4 is 29.0 Å². The van der Waals surface area contributed by atoms with Crippen LogP contribution in [0.4, 0.5) is 21.9 Å². The molecule has 29 heavy (non-hydrogen) atoms. The number of nitrogens with one attached hydrogen (secondary N) is 2. The maximum absolute atomic E-state index is 12.4. The molecule has 1 fully saturated rings. The molecule has 152 valence electrons. The number of carbonyl (C=O) groups is 2. The van der Waals surface area contributed by atoms with Crippen LogP contribution in [0.5, 0.6) is 0 Å². The smallest absolute Gasteiger partial charge is 0.317 e. The topological polar surface area (TPSA) is 108 Å². The highest BCUT2D eigenvalue weighted by atomic mass is 16.6. The zero-order valence-corrected chi connectivity index (χ0v) is 16.1. The minimum absolute atomic E-state index is 0.0642. The van der Waals surface area contributed by atoms with E-state index in [4.69, 9.17) is 0 Å². The van der Waals surface area contributed by atoms with Crippen molar-refractivity contribution in [3.63, 3.8) is 0 Å². The summed E-state index contributed by atoms with van der Waals surface area (Å²) >= 11 is 0. The quantitative estimate of drug-likeness (QED) is 0.596. The molecule has 0 aliphatic carbocycles. The summed E-state index contributed by atoms with van der Waals surface area (Å²) in [5.74, 6) is -0.142. The Bertz CT molecular complexity index is 892. The molecule has 0 atom stereocenters. The van der Waals surface area contributed by atoms with Crippen LogP contribution in [0, 0.1) is 10.1 Å². The minimum atomic E-state index is -0.419. The molecule has 3 amide bonds. The molecule has 0 spiro atoms. The summed E-state index contributed by atoms with van der Waals surface area (Å²) in [4.78, 5) is 37.8. The normalized spacial score (nSPS) is 13.7. The zero-order chi connectivity index (χ0) is 20.8. The lowest BCUT2D eigenvalue weighted by atomic mass is 10.2. The largest absolute Gasteiger partial charge is 0.368 e. The highest BCUT2D eigenvalue weighted by Gasteiger charge is 2.21. The van der Waals surface area contributed by atoms with Crippen LogP contribution in [0.2, 0.25) is 0 Å². The Hall–Kier alpha value is -3.62. The van der Waals surface area contributed by atoms with Crippen LogP contribution in [0.3, 0.4) is 0 Å². The van der Waals surface area contributed by atoms with E-state index < -0.39 is 4.92 Å². The summed E-state index contributed by atoms with van der Waals surface area (Å²) in [6.07, 6.45) is 0. The highest BCUT2D eigenvalue weighted by Crippen LogP contribution is 2.20. The second kappa shape index (κ2) is 9.05. The number of anilines is 2. The van der Waals surface area contributed by atoms with Crippen LogP contribution in [0.25, 0.3) is 0 Å². The van der Waals surface area contributed by atoms with Gasteiger partial charge in [-0.2, -0.15) is 0 Å². The molecule has 0 saturated carbocycles. The van der Waals surface area contributed by atoms with E-state index in [1.54, 1.807) is 23.1 Å². The summed E-state index contributed by atoms with van der Waals surface area (Å²) in [5.41, 5.74) is 2.56. The van der Waals surface area contributed by atoms with E-state index >= 15 is 0 Å². The number of benzene rings is 2. The van der Waals surface area contributed by atoms with Crippen LogP contribution in [0.15, 0.2) is 48.5 Å². The molecule has 1 aliphatic heterocycles. The molecular formula is C20H23N5O4. The number of hydrogen-bond acceptors (Lipinski definition) is 5. The Morgan fingerprint density at radius 1 is 1.07 bits per heavy atom. The number of carbonyl (C=O) groups excluding carboxylic acids is 2. The van der Waals surface area contributed by atoms with Gasteiger partial charge in [-0.3, -0.25) is 14.9 Å². The van der Waals surface area contributed by atoms with Gasteiger partial charge in [0.2, 0.25) is 5.91 Å². The van der Waals surface area contributed by atoms with Gasteiger partial charge in [0.15, 0.2) is 0 Å². The molecule has 2 aromatic carbocycles. The van der Waals surface area contributed by atoms with Crippen molar-refractivity contribution in [1.29, 1.82) is 0 Å². The van der Waals surface area contributed by atoms with E-state index in [1.165, 1.54) is 19.1 Å². The number of urea groups is 1. The second-order valence-electron chi connectivity index (χ2n) is 6.79. The third-order valence-electron chi connectivity index (χ3n) is 4.68. The number of non-ortho nitro benzene ring substituents is 1. The molecular weight excluding hydrogens is 374 g/mol. The van der Waals surface area contributed by atoms with Crippen molar-refractivity contribution in [2.24, 2.45) is 0 Å². The van der Waals surface area contributed by atoms with Crippen LogP contribution in [-0.2, 0) is 11.3 Å². The molecule has 1 aliphatic rings. The van der Waals surface area contributed by atoms with Crippen molar-refractivity contribution in [3.8, 4) is 0 Å². The highest BCUT2D eigenvalue weighted by molar-refractivity contribution is 5.88. The number of amides is 3. The lowest BCUT2D eigenvalue weighted by Crippen LogP contribution is -2.51. The molecule has 0 unspecified atom stereocenters. The number of piperazine rings is 1. The maximum atomic E-state index is 12.4. The molecule has 9 heteroatoms. The first-order valence-corrected chi connectivity index (χ1v) is 9.31. The standard InChI is InChI=1S/C20H23N5O4/c1-15(26)22-17-4-2-3-16(13-17)14-21-20(27)24-11-9-23(10-12-24)18-5-7-19(8-6-18)25(28)29/h2-8,13H,9-12,14H2,1H3,(H,21,27)(H,22,26). The van der Waals surface area contributed by atoms with Gasteiger partial charge in [0.25, 0.3) is 5.69 Å². The average Bonchev–Trinajstić information content (AvgIpc) is 2.72. The van der Waals surface area contributed by atoms with Crippen molar-refractivity contribution in [2.45, 2.75) is 13.5 Å². The first kappa shape index (κ1) is 20.1. The van der Waals surface area contributed by atoms with Crippen molar-refractivity contribution in [1.82, 2.24) is 10.2 Å². The predicted octanol–water partition coefficient (Wildman–Crippen LogP) is 2.59.